The third kappa shape index (κ3) is 3.08. The predicted octanol–water partition coefficient (Wildman–Crippen LogP) is 3.71. The average molecular weight is 257 g/mol. The van der Waals surface area contributed by atoms with Crippen molar-refractivity contribution in [2.45, 2.75) is 0 Å². The van der Waals surface area contributed by atoms with Crippen molar-refractivity contribution < 1.29 is 4.79 Å². The van der Waals surface area contributed by atoms with Gasteiger partial charge >= 0.3 is 0 Å². The van der Waals surface area contributed by atoms with Crippen LogP contribution in [0.25, 0.3) is 6.08 Å². The molecule has 0 bridgehead atoms. The molecule has 0 aliphatic carbocycles. The molecule has 1 aromatic heterocycles. The Hall–Kier alpha value is -1.87. The summed E-state index contributed by atoms with van der Waals surface area (Å²) in [6.45, 7) is 0. The van der Waals surface area contributed by atoms with Gasteiger partial charge in [-0.3, -0.25) is 4.79 Å². The van der Waals surface area contributed by atoms with Crippen LogP contribution in [0.15, 0.2) is 48.5 Å². The van der Waals surface area contributed by atoms with Gasteiger partial charge in [0.05, 0.1) is 5.00 Å². The Bertz CT molecular complexity index is 555. The molecule has 0 saturated heterocycles. The summed E-state index contributed by atoms with van der Waals surface area (Å²) in [6.07, 6.45) is 3.49. The fraction of sp³-hybridized carbons (Fsp3) is 0.133. The Kier molecular flexibility index (Phi) is 3.95. The summed E-state index contributed by atoms with van der Waals surface area (Å²) in [4.78, 5) is 15.0. The first-order valence-electron chi connectivity index (χ1n) is 5.71. The van der Waals surface area contributed by atoms with Crippen LogP contribution in [-0.4, -0.2) is 19.9 Å². The lowest BCUT2D eigenvalue weighted by Crippen LogP contribution is -2.05. The number of nitrogens with zero attached hydrogens (tertiary/aromatic N) is 1. The summed E-state index contributed by atoms with van der Waals surface area (Å²) in [5, 5.41) is 1.18. The van der Waals surface area contributed by atoms with Gasteiger partial charge in [0.2, 0.25) is 0 Å². The summed E-state index contributed by atoms with van der Waals surface area (Å²) in [7, 11) is 4.02. The summed E-state index contributed by atoms with van der Waals surface area (Å²) in [6, 6.07) is 13.4. The predicted molar refractivity (Wildman–Crippen MR) is 78.5 cm³/mol. The Labute approximate surface area is 111 Å². The van der Waals surface area contributed by atoms with Crippen molar-refractivity contribution in [1.29, 1.82) is 0 Å². The molecule has 0 saturated carbocycles. The minimum absolute atomic E-state index is 0.0374. The second kappa shape index (κ2) is 5.65. The molecule has 3 heteroatoms. The summed E-state index contributed by atoms with van der Waals surface area (Å²) in [5.74, 6) is 0.0374. The van der Waals surface area contributed by atoms with Crippen LogP contribution < -0.4 is 4.90 Å². The summed E-state index contributed by atoms with van der Waals surface area (Å²) >= 11 is 1.67. The molecule has 1 aromatic carbocycles. The van der Waals surface area contributed by atoms with Gasteiger partial charge in [-0.05, 0) is 24.3 Å². The maximum absolute atomic E-state index is 11.9. The van der Waals surface area contributed by atoms with E-state index in [9.17, 15) is 4.79 Å². The van der Waals surface area contributed by atoms with Crippen molar-refractivity contribution in [2.75, 3.05) is 19.0 Å². The van der Waals surface area contributed by atoms with E-state index in [-0.39, 0.29) is 5.78 Å². The van der Waals surface area contributed by atoms with Crippen LogP contribution in [0.1, 0.15) is 15.2 Å². The molecule has 0 fully saturated rings. The molecule has 1 heterocycles. The first-order valence-corrected chi connectivity index (χ1v) is 6.53. The van der Waals surface area contributed by atoms with Gasteiger partial charge in [-0.25, -0.2) is 0 Å². The number of anilines is 1. The molecule has 92 valence electrons. The maximum atomic E-state index is 11.9. The van der Waals surface area contributed by atoms with E-state index in [0.717, 1.165) is 10.4 Å². The van der Waals surface area contributed by atoms with Gasteiger partial charge in [0.1, 0.15) is 0 Å². The van der Waals surface area contributed by atoms with Gasteiger partial charge in [-0.2, -0.15) is 0 Å². The number of carbonyl (C=O) groups excluding carboxylic acids is 1. The van der Waals surface area contributed by atoms with Gasteiger partial charge < -0.3 is 4.90 Å². The lowest BCUT2D eigenvalue weighted by Gasteiger charge is -2.06. The topological polar surface area (TPSA) is 20.3 Å². The first-order chi connectivity index (χ1) is 8.66. The molecule has 2 aromatic rings. The second-order valence-electron chi connectivity index (χ2n) is 4.13. The maximum Gasteiger partial charge on any atom is 0.185 e. The van der Waals surface area contributed by atoms with Gasteiger partial charge in [-0.15, -0.1) is 11.3 Å². The number of allylic oxidation sites excluding steroid dienone is 1. The van der Waals surface area contributed by atoms with E-state index >= 15 is 0 Å². The Morgan fingerprint density at radius 2 is 1.83 bits per heavy atom. The fourth-order valence-electron chi connectivity index (χ4n) is 1.53. The molecule has 0 spiro atoms. The van der Waals surface area contributed by atoms with Crippen molar-refractivity contribution in [2.24, 2.45) is 0 Å². The molecule has 0 aliphatic rings. The number of ketones is 1. The lowest BCUT2D eigenvalue weighted by molar-refractivity contribution is 0.104. The van der Waals surface area contributed by atoms with E-state index < -0.39 is 0 Å². The molecule has 0 atom stereocenters. The SMILES string of the molecule is CN(C)c1ccc(C=CC(=O)c2ccccc2)s1. The molecular formula is C15H15NOS. The molecule has 0 amide bonds. The van der Waals surface area contributed by atoms with E-state index in [1.165, 1.54) is 5.00 Å². The smallest absolute Gasteiger partial charge is 0.185 e. The number of thiophene rings is 1. The van der Waals surface area contributed by atoms with Crippen LogP contribution in [-0.2, 0) is 0 Å². The standard InChI is InChI=1S/C15H15NOS/c1-16(2)15-11-9-13(18-15)8-10-14(17)12-6-4-3-5-7-12/h3-11H,1-2H3. The third-order valence-electron chi connectivity index (χ3n) is 2.51. The van der Waals surface area contributed by atoms with E-state index in [2.05, 4.69) is 11.0 Å². The second-order valence-corrected chi connectivity index (χ2v) is 5.23. The van der Waals surface area contributed by atoms with Crippen LogP contribution in [0.3, 0.4) is 0 Å². The first kappa shape index (κ1) is 12.6. The number of carbonyl (C=O) groups is 1. The molecule has 18 heavy (non-hydrogen) atoms. The number of benzene rings is 1. The lowest BCUT2D eigenvalue weighted by atomic mass is 10.1. The van der Waals surface area contributed by atoms with Crippen molar-refractivity contribution in [1.82, 2.24) is 0 Å². The van der Waals surface area contributed by atoms with Gasteiger partial charge in [0.25, 0.3) is 0 Å². The molecule has 0 unspecified atom stereocenters. The minimum Gasteiger partial charge on any atom is -0.370 e. The van der Waals surface area contributed by atoms with Gasteiger partial charge in [0.15, 0.2) is 5.78 Å². The Morgan fingerprint density at radius 1 is 1.11 bits per heavy atom. The fourth-order valence-corrected chi connectivity index (χ4v) is 2.36. The van der Waals surface area contributed by atoms with Gasteiger partial charge in [-0.1, -0.05) is 30.3 Å². The largest absolute Gasteiger partial charge is 0.370 e. The molecule has 0 radical (unpaired) electrons. The van der Waals surface area contributed by atoms with Crippen LogP contribution in [0.4, 0.5) is 5.00 Å². The zero-order valence-electron chi connectivity index (χ0n) is 10.5. The molecule has 0 N–H and O–H groups in total. The van der Waals surface area contributed by atoms with E-state index in [0.29, 0.717) is 0 Å². The highest BCUT2D eigenvalue weighted by atomic mass is 32.1. The number of hydrogen-bond donors (Lipinski definition) is 0. The van der Waals surface area contributed by atoms with Crippen LogP contribution in [0, 0.1) is 0 Å². The molecule has 0 aliphatic heterocycles. The van der Waals surface area contributed by atoms with E-state index in [1.807, 2.05) is 56.6 Å². The van der Waals surface area contributed by atoms with E-state index in [4.69, 9.17) is 0 Å². The third-order valence-corrected chi connectivity index (χ3v) is 3.73. The quantitative estimate of drug-likeness (QED) is 0.614. The molecule has 2 nitrogen and oxygen atoms in total. The zero-order chi connectivity index (χ0) is 13.0. The molecular weight excluding hydrogens is 242 g/mol. The van der Waals surface area contributed by atoms with Crippen LogP contribution in [0.5, 0.6) is 0 Å². The highest BCUT2D eigenvalue weighted by molar-refractivity contribution is 7.16. The van der Waals surface area contributed by atoms with Crippen molar-refractivity contribution in [3.63, 3.8) is 0 Å². The summed E-state index contributed by atoms with van der Waals surface area (Å²) < 4.78 is 0. The number of hydrogen-bond acceptors (Lipinski definition) is 3. The Morgan fingerprint density at radius 3 is 2.44 bits per heavy atom. The number of rotatable bonds is 4. The van der Waals surface area contributed by atoms with E-state index in [1.54, 1.807) is 17.4 Å². The Balaban J connectivity index is 2.09. The van der Waals surface area contributed by atoms with Crippen molar-refractivity contribution in [3.05, 3.63) is 59.0 Å². The van der Waals surface area contributed by atoms with Crippen molar-refractivity contribution in [3.8, 4) is 0 Å². The van der Waals surface area contributed by atoms with Gasteiger partial charge in [0, 0.05) is 24.5 Å². The van der Waals surface area contributed by atoms with Crippen molar-refractivity contribution >= 4 is 28.2 Å². The van der Waals surface area contributed by atoms with Crippen LogP contribution in [0.2, 0.25) is 0 Å². The highest BCUT2D eigenvalue weighted by Crippen LogP contribution is 2.25. The zero-order valence-corrected chi connectivity index (χ0v) is 11.3. The average Bonchev–Trinajstić information content (AvgIpc) is 2.86. The highest BCUT2D eigenvalue weighted by Gasteiger charge is 2.01. The minimum atomic E-state index is 0.0374. The normalized spacial score (nSPS) is 10.8. The van der Waals surface area contributed by atoms with Crippen LogP contribution >= 0.6 is 11.3 Å². The monoisotopic (exact) mass is 257 g/mol. The summed E-state index contributed by atoms with van der Waals surface area (Å²) in [5.41, 5.74) is 0.720. The molecule has 2 rings (SSSR count).